The third-order valence-electron chi connectivity index (χ3n) is 6.04. The van der Waals surface area contributed by atoms with Crippen LogP contribution in [0.2, 0.25) is 0 Å². The molecule has 8 N–H and O–H groups in total. The zero-order valence-electron chi connectivity index (χ0n) is 17.8. The summed E-state index contributed by atoms with van der Waals surface area (Å²) in [5.74, 6) is -2.17. The summed E-state index contributed by atoms with van der Waals surface area (Å²) in [6, 6.07) is 31.3. The Labute approximate surface area is 191 Å². The fourth-order valence-electron chi connectivity index (χ4n) is 4.40. The van der Waals surface area contributed by atoms with E-state index in [0.717, 1.165) is 33.9 Å². The van der Waals surface area contributed by atoms with Gasteiger partial charge < -0.3 is 32.7 Å². The Morgan fingerprint density at radius 3 is 1.06 bits per heavy atom. The molecule has 4 aromatic rings. The summed E-state index contributed by atoms with van der Waals surface area (Å²) < 4.78 is 7.04. The summed E-state index contributed by atoms with van der Waals surface area (Å²) in [4.78, 5) is 0. The Morgan fingerprint density at radius 1 is 0.455 bits per heavy atom. The lowest BCUT2D eigenvalue weighted by atomic mass is 10.1. The van der Waals surface area contributed by atoms with E-state index in [0.29, 0.717) is 11.4 Å². The van der Waals surface area contributed by atoms with Gasteiger partial charge in [0.25, 0.3) is 0 Å². The van der Waals surface area contributed by atoms with Crippen molar-refractivity contribution in [3.05, 3.63) is 108 Å². The minimum Gasteiger partial charge on any atom is -0.399 e. The Morgan fingerprint density at radius 2 is 0.758 bits per heavy atom. The molecule has 0 saturated heterocycles. The van der Waals surface area contributed by atoms with Gasteiger partial charge in [-0.2, -0.15) is 0 Å². The quantitative estimate of drug-likeness (QED) is 0.253. The van der Waals surface area contributed by atoms with Gasteiger partial charge in [-0.3, -0.25) is 4.74 Å². The Balaban J connectivity index is 1.49. The number of nitrogens with two attached hydrogens (primary N) is 2. The molecule has 2 aliphatic heterocycles. The van der Waals surface area contributed by atoms with Gasteiger partial charge in [-0.1, -0.05) is 48.5 Å². The van der Waals surface area contributed by atoms with Crippen molar-refractivity contribution < 1.29 is 4.74 Å². The van der Waals surface area contributed by atoms with Crippen molar-refractivity contribution >= 4 is 34.1 Å². The highest BCUT2D eigenvalue weighted by Gasteiger charge is 2.50. The van der Waals surface area contributed by atoms with E-state index < -0.39 is 11.7 Å². The Hall–Kier alpha value is -4.36. The van der Waals surface area contributed by atoms with E-state index in [9.17, 15) is 0 Å². The Kier molecular flexibility index (Phi) is 4.15. The largest absolute Gasteiger partial charge is 0.399 e. The minimum absolute atomic E-state index is 0.683. The van der Waals surface area contributed by atoms with Gasteiger partial charge in [0.15, 0.2) is 0 Å². The van der Waals surface area contributed by atoms with E-state index in [1.807, 2.05) is 97.1 Å². The van der Waals surface area contributed by atoms with Crippen molar-refractivity contribution in [2.45, 2.75) is 11.7 Å². The van der Waals surface area contributed by atoms with Crippen LogP contribution >= 0.6 is 0 Å². The number of para-hydroxylation sites is 4. The molecule has 0 saturated carbocycles. The molecule has 7 nitrogen and oxygen atoms in total. The minimum atomic E-state index is -1.08. The molecule has 0 unspecified atom stereocenters. The molecule has 0 bridgehead atoms. The van der Waals surface area contributed by atoms with Crippen LogP contribution in [-0.2, 0) is 16.4 Å². The van der Waals surface area contributed by atoms with Gasteiger partial charge in [-0.25, -0.2) is 0 Å². The van der Waals surface area contributed by atoms with Crippen LogP contribution in [0, 0.1) is 0 Å². The molecule has 2 aliphatic rings. The van der Waals surface area contributed by atoms with E-state index in [2.05, 4.69) is 21.3 Å². The second-order valence-corrected chi connectivity index (χ2v) is 8.30. The summed E-state index contributed by atoms with van der Waals surface area (Å²) in [6.45, 7) is 0. The number of nitrogens with one attached hydrogen (secondary N) is 4. The number of anilines is 6. The van der Waals surface area contributed by atoms with E-state index in [4.69, 9.17) is 16.2 Å². The van der Waals surface area contributed by atoms with Gasteiger partial charge in [-0.15, -0.1) is 0 Å². The first kappa shape index (κ1) is 19.3. The second-order valence-electron chi connectivity index (χ2n) is 8.30. The average molecular weight is 437 g/mol. The zero-order chi connectivity index (χ0) is 22.5. The highest BCUT2D eigenvalue weighted by Crippen LogP contribution is 2.48. The maximum atomic E-state index is 7.04. The van der Waals surface area contributed by atoms with Gasteiger partial charge in [0.05, 0.1) is 22.7 Å². The van der Waals surface area contributed by atoms with Crippen LogP contribution in [0.25, 0.3) is 0 Å². The second kappa shape index (κ2) is 7.08. The van der Waals surface area contributed by atoms with E-state index in [-0.39, 0.29) is 0 Å². The van der Waals surface area contributed by atoms with E-state index >= 15 is 0 Å². The van der Waals surface area contributed by atoms with Gasteiger partial charge >= 0.3 is 0 Å². The molecule has 4 aromatic carbocycles. The highest BCUT2D eigenvalue weighted by molar-refractivity contribution is 5.78. The van der Waals surface area contributed by atoms with Crippen molar-refractivity contribution in [2.24, 2.45) is 0 Å². The molecule has 7 heteroatoms. The van der Waals surface area contributed by atoms with Gasteiger partial charge in [0.2, 0.25) is 11.7 Å². The SMILES string of the molecule is Nc1ccc(C2(OC3(c4ccc(N)cc4)Nc4ccccc4N3)Nc3ccccc3N2)cc1. The number of fused-ring (bicyclic) bond motifs is 2. The fraction of sp³-hybridized carbons (Fsp3) is 0.0769. The number of rotatable bonds is 4. The third kappa shape index (κ3) is 3.18. The molecule has 2 heterocycles. The van der Waals surface area contributed by atoms with Crippen LogP contribution in [-0.4, -0.2) is 0 Å². The lowest BCUT2D eigenvalue weighted by molar-refractivity contribution is -0.105. The van der Waals surface area contributed by atoms with Gasteiger partial charge in [0, 0.05) is 22.5 Å². The molecule has 33 heavy (non-hydrogen) atoms. The first-order valence-corrected chi connectivity index (χ1v) is 10.8. The first-order chi connectivity index (χ1) is 16.1. The monoisotopic (exact) mass is 436 g/mol. The molecule has 164 valence electrons. The van der Waals surface area contributed by atoms with E-state index in [1.54, 1.807) is 0 Å². The van der Waals surface area contributed by atoms with Crippen molar-refractivity contribution in [2.75, 3.05) is 32.7 Å². The summed E-state index contributed by atoms with van der Waals surface area (Å²) >= 11 is 0. The van der Waals surface area contributed by atoms with Crippen LogP contribution in [0.1, 0.15) is 11.1 Å². The summed E-state index contributed by atoms with van der Waals surface area (Å²) in [7, 11) is 0. The molecular formula is C26H24N6O. The van der Waals surface area contributed by atoms with Crippen molar-refractivity contribution in [3.8, 4) is 0 Å². The van der Waals surface area contributed by atoms with Crippen molar-refractivity contribution in [1.82, 2.24) is 0 Å². The van der Waals surface area contributed by atoms with Gasteiger partial charge in [0.1, 0.15) is 0 Å². The molecule has 0 radical (unpaired) electrons. The number of nitrogen functional groups attached to an aromatic ring is 2. The lowest BCUT2D eigenvalue weighted by Gasteiger charge is -2.41. The number of hydrogen-bond acceptors (Lipinski definition) is 7. The van der Waals surface area contributed by atoms with Crippen molar-refractivity contribution in [1.29, 1.82) is 0 Å². The summed E-state index contributed by atoms with van der Waals surface area (Å²) in [5.41, 5.74) is 18.9. The Bertz CT molecular complexity index is 1170. The van der Waals surface area contributed by atoms with E-state index in [1.165, 1.54) is 0 Å². The maximum absolute atomic E-state index is 7.04. The maximum Gasteiger partial charge on any atom is 0.248 e. The molecular weight excluding hydrogens is 412 g/mol. The van der Waals surface area contributed by atoms with Crippen LogP contribution in [0.5, 0.6) is 0 Å². The molecule has 0 amide bonds. The predicted molar refractivity (Wildman–Crippen MR) is 134 cm³/mol. The molecule has 6 rings (SSSR count). The average Bonchev–Trinajstić information content (AvgIpc) is 3.38. The lowest BCUT2D eigenvalue weighted by Crippen LogP contribution is -2.53. The van der Waals surface area contributed by atoms with Crippen LogP contribution in [0.4, 0.5) is 34.1 Å². The number of benzene rings is 4. The summed E-state index contributed by atoms with van der Waals surface area (Å²) in [6.07, 6.45) is 0. The molecule has 0 atom stereocenters. The molecule has 0 spiro atoms. The number of ether oxygens (including phenoxy) is 1. The third-order valence-corrected chi connectivity index (χ3v) is 6.04. The fourth-order valence-corrected chi connectivity index (χ4v) is 4.40. The smallest absolute Gasteiger partial charge is 0.248 e. The van der Waals surface area contributed by atoms with Crippen LogP contribution in [0.15, 0.2) is 97.1 Å². The van der Waals surface area contributed by atoms with Crippen LogP contribution < -0.4 is 32.7 Å². The zero-order valence-corrected chi connectivity index (χ0v) is 17.8. The number of hydrogen-bond donors (Lipinski definition) is 6. The topological polar surface area (TPSA) is 109 Å². The molecule has 0 aromatic heterocycles. The highest BCUT2D eigenvalue weighted by atomic mass is 16.6. The molecule has 0 aliphatic carbocycles. The predicted octanol–water partition coefficient (Wildman–Crippen LogP) is 4.86. The first-order valence-electron chi connectivity index (χ1n) is 10.8. The standard InChI is InChI=1S/C26H24N6O/c27-19-13-9-17(10-14-19)25(29-21-5-1-2-6-22(21)30-25)33-26(18-11-15-20(28)16-12-18)31-23-7-3-4-8-24(23)32-26/h1-16,29-32H,27-28H2. The van der Waals surface area contributed by atoms with Gasteiger partial charge in [-0.05, 0) is 48.5 Å². The molecule has 0 fully saturated rings. The van der Waals surface area contributed by atoms with Crippen molar-refractivity contribution in [3.63, 3.8) is 0 Å². The summed E-state index contributed by atoms with van der Waals surface area (Å²) in [5, 5.41) is 14.3. The van der Waals surface area contributed by atoms with Crippen LogP contribution in [0.3, 0.4) is 0 Å². The normalized spacial score (nSPS) is 16.5.